The number of thiazole rings is 1. The lowest BCUT2D eigenvalue weighted by atomic mass is 10.5. The van der Waals surface area contributed by atoms with Crippen LogP contribution < -0.4 is 0 Å². The van der Waals surface area contributed by atoms with Crippen LogP contribution in [0, 0.1) is 11.8 Å². The van der Waals surface area contributed by atoms with Gasteiger partial charge in [-0.25, -0.2) is 0 Å². The third-order valence-corrected chi connectivity index (χ3v) is 1.37. The van der Waals surface area contributed by atoms with E-state index < -0.39 is 0 Å². The monoisotopic (exact) mass is 123 g/mol. The van der Waals surface area contributed by atoms with Crippen LogP contribution in [0.25, 0.3) is 0 Å². The summed E-state index contributed by atoms with van der Waals surface area (Å²) < 4.78 is 0. The van der Waals surface area contributed by atoms with Crippen molar-refractivity contribution in [3.05, 3.63) is 16.6 Å². The fraction of sp³-hybridized carbons (Fsp3) is 0.167. The molecule has 0 amide bonds. The normalized spacial score (nSPS) is 7.62. The summed E-state index contributed by atoms with van der Waals surface area (Å²) in [5.41, 5.74) is 1.78. The minimum Gasteiger partial charge on any atom is -0.252 e. The highest BCUT2D eigenvalue weighted by Crippen LogP contribution is 2.01. The molecule has 0 saturated heterocycles. The molecule has 0 unspecified atom stereocenters. The molecule has 1 aromatic rings. The predicted octanol–water partition coefficient (Wildman–Crippen LogP) is 1.51. The summed E-state index contributed by atoms with van der Waals surface area (Å²) in [4.78, 5) is 4.89. The number of hydrogen-bond acceptors (Lipinski definition) is 2. The van der Waals surface area contributed by atoms with Crippen molar-refractivity contribution in [1.29, 1.82) is 0 Å². The topological polar surface area (TPSA) is 12.9 Å². The molecule has 1 nitrogen and oxygen atoms in total. The maximum atomic E-state index is 3.86. The number of rotatable bonds is 0. The first-order valence-corrected chi connectivity index (χ1v) is 3.12. The van der Waals surface area contributed by atoms with Crippen LogP contribution in [0.5, 0.6) is 0 Å². The van der Waals surface area contributed by atoms with E-state index >= 15 is 0 Å². The number of nitrogens with zero attached hydrogens (tertiary/aromatic N) is 1. The van der Waals surface area contributed by atoms with Crippen LogP contribution >= 0.6 is 11.3 Å². The first kappa shape index (κ1) is 5.33. The molecular formula is C6H5NS. The zero-order chi connectivity index (χ0) is 5.82. The Morgan fingerprint density at radius 2 is 2.62 bits per heavy atom. The molecule has 0 radical (unpaired) electrons. The molecule has 0 N–H and O–H groups in total. The summed E-state index contributed by atoms with van der Waals surface area (Å²) in [6.07, 6.45) is 1.77. The van der Waals surface area contributed by atoms with Gasteiger partial charge in [-0.2, -0.15) is 0 Å². The van der Waals surface area contributed by atoms with Gasteiger partial charge in [-0.3, -0.25) is 4.98 Å². The van der Waals surface area contributed by atoms with Crippen LogP contribution in [0.1, 0.15) is 11.8 Å². The average molecular weight is 123 g/mol. The molecule has 1 rings (SSSR count). The first-order chi connectivity index (χ1) is 3.93. The molecule has 0 atom stereocenters. The molecule has 0 fully saturated rings. The second kappa shape index (κ2) is 2.49. The number of aromatic nitrogens is 1. The molecule has 1 aromatic heterocycles. The van der Waals surface area contributed by atoms with Crippen LogP contribution in [-0.2, 0) is 0 Å². The van der Waals surface area contributed by atoms with E-state index in [0.717, 1.165) is 4.88 Å². The lowest BCUT2D eigenvalue weighted by Gasteiger charge is -1.67. The third kappa shape index (κ3) is 1.08. The van der Waals surface area contributed by atoms with Gasteiger partial charge in [0.2, 0.25) is 0 Å². The molecule has 0 saturated carbocycles. The fourth-order valence-electron chi connectivity index (χ4n) is 0.401. The number of hydrogen-bond donors (Lipinski definition) is 0. The molecule has 0 aliphatic carbocycles. The van der Waals surface area contributed by atoms with Crippen LogP contribution in [-0.4, -0.2) is 4.98 Å². The van der Waals surface area contributed by atoms with E-state index in [2.05, 4.69) is 16.8 Å². The summed E-state index contributed by atoms with van der Waals surface area (Å²) in [5, 5.41) is 0. The molecule has 0 spiro atoms. The molecule has 0 aromatic carbocycles. The van der Waals surface area contributed by atoms with Gasteiger partial charge >= 0.3 is 0 Å². The molecule has 0 bridgehead atoms. The van der Waals surface area contributed by atoms with E-state index in [1.54, 1.807) is 23.0 Å². The second-order valence-corrected chi connectivity index (χ2v) is 2.13. The molecule has 2 heteroatoms. The molecule has 1 heterocycles. The maximum Gasteiger partial charge on any atom is 0.0966 e. The Morgan fingerprint density at radius 3 is 3.12 bits per heavy atom. The Balaban J connectivity index is 2.88. The van der Waals surface area contributed by atoms with Gasteiger partial charge in [0.05, 0.1) is 16.6 Å². The SMILES string of the molecule is CC#Cc1cncs1. The van der Waals surface area contributed by atoms with E-state index in [9.17, 15) is 0 Å². The second-order valence-electron chi connectivity index (χ2n) is 1.24. The largest absolute Gasteiger partial charge is 0.252 e. The predicted molar refractivity (Wildman–Crippen MR) is 34.7 cm³/mol. The fourth-order valence-corrected chi connectivity index (χ4v) is 0.919. The smallest absolute Gasteiger partial charge is 0.0966 e. The van der Waals surface area contributed by atoms with E-state index in [1.807, 2.05) is 6.92 Å². The van der Waals surface area contributed by atoms with Gasteiger partial charge in [0.1, 0.15) is 0 Å². The van der Waals surface area contributed by atoms with Crippen molar-refractivity contribution in [2.75, 3.05) is 0 Å². The minimum atomic E-state index is 1.03. The summed E-state index contributed by atoms with van der Waals surface area (Å²) in [5.74, 6) is 5.68. The first-order valence-electron chi connectivity index (χ1n) is 2.24. The zero-order valence-electron chi connectivity index (χ0n) is 4.51. The Morgan fingerprint density at radius 1 is 1.75 bits per heavy atom. The van der Waals surface area contributed by atoms with Crippen LogP contribution in [0.4, 0.5) is 0 Å². The highest BCUT2D eigenvalue weighted by Gasteiger charge is 1.81. The van der Waals surface area contributed by atoms with Gasteiger partial charge in [0, 0.05) is 0 Å². The van der Waals surface area contributed by atoms with E-state index in [0.29, 0.717) is 0 Å². The zero-order valence-corrected chi connectivity index (χ0v) is 5.33. The summed E-state index contributed by atoms with van der Waals surface area (Å²) in [7, 11) is 0. The van der Waals surface area contributed by atoms with Crippen molar-refractivity contribution in [1.82, 2.24) is 4.98 Å². The quantitative estimate of drug-likeness (QED) is 0.476. The Kier molecular flexibility index (Phi) is 1.66. The molecule has 0 aliphatic heterocycles. The Labute approximate surface area is 52.4 Å². The van der Waals surface area contributed by atoms with Crippen molar-refractivity contribution in [2.45, 2.75) is 6.92 Å². The van der Waals surface area contributed by atoms with Crippen LogP contribution in [0.3, 0.4) is 0 Å². The van der Waals surface area contributed by atoms with Crippen molar-refractivity contribution in [3.63, 3.8) is 0 Å². The van der Waals surface area contributed by atoms with Crippen molar-refractivity contribution in [2.24, 2.45) is 0 Å². The minimum absolute atomic E-state index is 1.03. The standard InChI is InChI=1S/C6H5NS/c1-2-3-6-4-7-5-8-6/h4-5H,1H3. The van der Waals surface area contributed by atoms with Crippen molar-refractivity contribution >= 4 is 11.3 Å². The Bertz CT molecular complexity index is 202. The van der Waals surface area contributed by atoms with Crippen LogP contribution in [0.2, 0.25) is 0 Å². The van der Waals surface area contributed by atoms with Crippen molar-refractivity contribution < 1.29 is 0 Å². The summed E-state index contributed by atoms with van der Waals surface area (Å²) in [6, 6.07) is 0. The lowest BCUT2D eigenvalue weighted by Crippen LogP contribution is -1.56. The van der Waals surface area contributed by atoms with Gasteiger partial charge in [0.15, 0.2) is 0 Å². The highest BCUT2D eigenvalue weighted by molar-refractivity contribution is 7.10. The highest BCUT2D eigenvalue weighted by atomic mass is 32.1. The molecular weight excluding hydrogens is 118 g/mol. The van der Waals surface area contributed by atoms with E-state index in [4.69, 9.17) is 0 Å². The third-order valence-electron chi connectivity index (χ3n) is 0.681. The van der Waals surface area contributed by atoms with E-state index in [-0.39, 0.29) is 0 Å². The summed E-state index contributed by atoms with van der Waals surface area (Å²) >= 11 is 1.56. The maximum absolute atomic E-state index is 3.86. The lowest BCUT2D eigenvalue weighted by molar-refractivity contribution is 1.42. The van der Waals surface area contributed by atoms with E-state index in [1.165, 1.54) is 0 Å². The summed E-state index contributed by atoms with van der Waals surface area (Å²) in [6.45, 7) is 1.82. The average Bonchev–Trinajstić information content (AvgIpc) is 2.19. The van der Waals surface area contributed by atoms with Crippen molar-refractivity contribution in [3.8, 4) is 11.8 Å². The van der Waals surface area contributed by atoms with Gasteiger partial charge in [-0.1, -0.05) is 5.92 Å². The van der Waals surface area contributed by atoms with Gasteiger partial charge in [-0.15, -0.1) is 17.3 Å². The molecule has 0 aliphatic rings. The van der Waals surface area contributed by atoms with Crippen LogP contribution in [0.15, 0.2) is 11.7 Å². The Hall–Kier alpha value is -0.810. The van der Waals surface area contributed by atoms with Gasteiger partial charge in [0.25, 0.3) is 0 Å². The van der Waals surface area contributed by atoms with Gasteiger partial charge < -0.3 is 0 Å². The van der Waals surface area contributed by atoms with Gasteiger partial charge in [-0.05, 0) is 6.92 Å². The molecule has 40 valence electrons. The molecule has 8 heavy (non-hydrogen) atoms.